The molecule has 0 aliphatic rings. The Labute approximate surface area is 141 Å². The molecule has 8 nitrogen and oxygen atoms in total. The molecular formula is C15H23BN4O4. The van der Waals surface area contributed by atoms with Crippen LogP contribution >= 0.6 is 0 Å². The van der Waals surface area contributed by atoms with Gasteiger partial charge in [-0.25, -0.2) is 10.2 Å². The molecule has 130 valence electrons. The van der Waals surface area contributed by atoms with Crippen molar-refractivity contribution in [3.8, 4) is 6.07 Å². The molecule has 0 heterocycles. The number of benzene rings is 1. The number of amides is 1. The second kappa shape index (κ2) is 8.66. The maximum atomic E-state index is 12.4. The van der Waals surface area contributed by atoms with E-state index in [1.54, 1.807) is 45.0 Å². The van der Waals surface area contributed by atoms with Crippen LogP contribution in [0.4, 0.5) is 4.79 Å². The molecule has 24 heavy (non-hydrogen) atoms. The molecule has 1 unspecified atom stereocenters. The summed E-state index contributed by atoms with van der Waals surface area (Å²) >= 11 is 0. The summed E-state index contributed by atoms with van der Waals surface area (Å²) < 4.78 is 5.35. The maximum Gasteiger partial charge on any atom is 0.488 e. The molecule has 1 atom stereocenters. The molecule has 0 saturated heterocycles. The summed E-state index contributed by atoms with van der Waals surface area (Å²) in [6.45, 7) is 5.50. The van der Waals surface area contributed by atoms with Crippen LogP contribution in [-0.2, 0) is 11.3 Å². The fraction of sp³-hybridized carbons (Fsp3) is 0.467. The lowest BCUT2D eigenvalue weighted by atomic mass is 9.80. The highest BCUT2D eigenvalue weighted by Gasteiger charge is 2.24. The molecule has 0 spiro atoms. The van der Waals surface area contributed by atoms with Crippen LogP contribution in [0.5, 0.6) is 0 Å². The lowest BCUT2D eigenvalue weighted by Gasteiger charge is -2.28. The largest absolute Gasteiger partial charge is 0.488 e. The van der Waals surface area contributed by atoms with E-state index in [1.165, 1.54) is 4.90 Å². The van der Waals surface area contributed by atoms with Crippen LogP contribution < -0.4 is 16.7 Å². The molecule has 1 rings (SSSR count). The van der Waals surface area contributed by atoms with E-state index in [2.05, 4.69) is 5.43 Å². The molecule has 0 aliphatic carbocycles. The van der Waals surface area contributed by atoms with Crippen molar-refractivity contribution in [3.05, 3.63) is 29.8 Å². The average molecular weight is 334 g/mol. The van der Waals surface area contributed by atoms with Gasteiger partial charge in [-0.3, -0.25) is 5.84 Å². The van der Waals surface area contributed by atoms with Gasteiger partial charge in [-0.15, -0.1) is 0 Å². The Bertz CT molecular complexity index is 581. The number of rotatable bonds is 6. The monoisotopic (exact) mass is 334 g/mol. The highest BCUT2D eigenvalue weighted by Crippen LogP contribution is 2.13. The smallest absolute Gasteiger partial charge is 0.444 e. The van der Waals surface area contributed by atoms with Crippen LogP contribution in [0.2, 0.25) is 0 Å². The first-order chi connectivity index (χ1) is 11.2. The van der Waals surface area contributed by atoms with Gasteiger partial charge in [0.1, 0.15) is 11.6 Å². The second-order valence-corrected chi connectivity index (χ2v) is 6.32. The van der Waals surface area contributed by atoms with Crippen LogP contribution in [-0.4, -0.2) is 46.3 Å². The molecule has 1 amide bonds. The van der Waals surface area contributed by atoms with E-state index in [0.717, 1.165) is 5.56 Å². The number of hydrogen-bond acceptors (Lipinski definition) is 7. The first-order valence-electron chi connectivity index (χ1n) is 7.45. The Morgan fingerprint density at radius 3 is 2.42 bits per heavy atom. The van der Waals surface area contributed by atoms with Crippen molar-refractivity contribution in [2.24, 2.45) is 5.84 Å². The fourth-order valence-corrected chi connectivity index (χ4v) is 1.90. The number of hydrazine groups is 1. The number of nitrogens with two attached hydrogens (primary N) is 1. The van der Waals surface area contributed by atoms with E-state index in [1.807, 2.05) is 6.07 Å². The minimum absolute atomic E-state index is 0.0479. The summed E-state index contributed by atoms with van der Waals surface area (Å²) in [4.78, 5) is 13.7. The van der Waals surface area contributed by atoms with Crippen molar-refractivity contribution in [2.75, 3.05) is 6.54 Å². The number of nitrogens with one attached hydrogen (secondary N) is 1. The summed E-state index contributed by atoms with van der Waals surface area (Å²) in [7, 11) is -1.55. The van der Waals surface area contributed by atoms with Crippen molar-refractivity contribution >= 4 is 18.7 Å². The van der Waals surface area contributed by atoms with E-state index in [-0.39, 0.29) is 13.1 Å². The Hall–Kier alpha value is -2.12. The van der Waals surface area contributed by atoms with Crippen molar-refractivity contribution in [3.63, 3.8) is 0 Å². The lowest BCUT2D eigenvalue weighted by molar-refractivity contribution is 0.0225. The third-order valence-electron chi connectivity index (χ3n) is 3.06. The summed E-state index contributed by atoms with van der Waals surface area (Å²) in [6.07, 6.45) is -0.565. The van der Waals surface area contributed by atoms with Gasteiger partial charge in [0.05, 0.1) is 12.6 Å². The number of nitrogens with zero attached hydrogens (tertiary/aromatic N) is 2. The fourth-order valence-electron chi connectivity index (χ4n) is 1.90. The normalized spacial score (nSPS) is 12.2. The van der Waals surface area contributed by atoms with Crippen LogP contribution in [0.1, 0.15) is 26.3 Å². The third-order valence-corrected chi connectivity index (χ3v) is 3.06. The van der Waals surface area contributed by atoms with E-state index in [9.17, 15) is 4.79 Å². The van der Waals surface area contributed by atoms with Gasteiger partial charge in [-0.2, -0.15) is 5.26 Å². The standard InChI is InChI=1S/C15H23BN4O4/c1-15(2,3)24-14(21)20(10-13(8-17)19-18)9-11-4-6-12(7-5-11)16(22)23/h4-7,13,19,22-23H,9-10,18H2,1-3H3. The number of carbonyl (C=O) groups is 1. The summed E-state index contributed by atoms with van der Waals surface area (Å²) in [5.74, 6) is 5.30. The first-order valence-corrected chi connectivity index (χ1v) is 7.45. The molecule has 0 aromatic heterocycles. The molecule has 0 fully saturated rings. The van der Waals surface area contributed by atoms with Crippen LogP contribution in [0.15, 0.2) is 24.3 Å². The minimum atomic E-state index is -1.55. The molecule has 9 heteroatoms. The Kier molecular flexibility index (Phi) is 7.19. The lowest BCUT2D eigenvalue weighted by Crippen LogP contribution is -2.46. The van der Waals surface area contributed by atoms with Gasteiger partial charge < -0.3 is 19.7 Å². The highest BCUT2D eigenvalue weighted by molar-refractivity contribution is 6.58. The summed E-state index contributed by atoms with van der Waals surface area (Å²) in [6, 6.07) is 7.66. The van der Waals surface area contributed by atoms with Gasteiger partial charge >= 0.3 is 13.2 Å². The first kappa shape index (κ1) is 19.9. The van der Waals surface area contributed by atoms with Gasteiger partial charge in [-0.05, 0) is 31.8 Å². The van der Waals surface area contributed by atoms with Crippen molar-refractivity contribution in [1.82, 2.24) is 10.3 Å². The zero-order chi connectivity index (χ0) is 18.3. The molecule has 0 bridgehead atoms. The Morgan fingerprint density at radius 1 is 1.42 bits per heavy atom. The van der Waals surface area contributed by atoms with Crippen LogP contribution in [0, 0.1) is 11.3 Å². The van der Waals surface area contributed by atoms with Gasteiger partial charge in [0.25, 0.3) is 0 Å². The van der Waals surface area contributed by atoms with E-state index >= 15 is 0 Å². The number of carbonyl (C=O) groups excluding carboxylic acids is 1. The van der Waals surface area contributed by atoms with Gasteiger partial charge in [0.15, 0.2) is 0 Å². The van der Waals surface area contributed by atoms with Gasteiger partial charge in [0.2, 0.25) is 0 Å². The van der Waals surface area contributed by atoms with E-state index in [4.69, 9.17) is 25.9 Å². The zero-order valence-electron chi connectivity index (χ0n) is 14.1. The van der Waals surface area contributed by atoms with Crippen LogP contribution in [0.25, 0.3) is 0 Å². The predicted octanol–water partition coefficient (Wildman–Crippen LogP) is -0.541. The molecule has 1 aromatic carbocycles. The molecule has 1 aromatic rings. The van der Waals surface area contributed by atoms with Crippen molar-refractivity contribution in [2.45, 2.75) is 39.0 Å². The SMILES string of the molecule is CC(C)(C)OC(=O)N(Cc1ccc(B(O)O)cc1)CC(C#N)NN. The second-order valence-electron chi connectivity index (χ2n) is 6.32. The quantitative estimate of drug-likeness (QED) is 0.312. The number of hydrogen-bond donors (Lipinski definition) is 4. The minimum Gasteiger partial charge on any atom is -0.444 e. The predicted molar refractivity (Wildman–Crippen MR) is 89.6 cm³/mol. The van der Waals surface area contributed by atoms with Gasteiger partial charge in [-0.1, -0.05) is 24.3 Å². The number of nitriles is 1. The van der Waals surface area contributed by atoms with Gasteiger partial charge in [0, 0.05) is 6.54 Å². The van der Waals surface area contributed by atoms with Crippen molar-refractivity contribution < 1.29 is 19.6 Å². The molecule has 5 N–H and O–H groups in total. The Balaban J connectivity index is 2.91. The maximum absolute atomic E-state index is 12.4. The number of ether oxygens (including phenoxy) is 1. The molecular weight excluding hydrogens is 311 g/mol. The third kappa shape index (κ3) is 6.56. The Morgan fingerprint density at radius 2 is 2.00 bits per heavy atom. The topological polar surface area (TPSA) is 132 Å². The summed E-state index contributed by atoms with van der Waals surface area (Å²) in [5, 5.41) is 27.2. The van der Waals surface area contributed by atoms with E-state index < -0.39 is 24.9 Å². The molecule has 0 radical (unpaired) electrons. The molecule has 0 saturated carbocycles. The summed E-state index contributed by atoms with van der Waals surface area (Å²) in [5.41, 5.74) is 2.76. The van der Waals surface area contributed by atoms with Crippen molar-refractivity contribution in [1.29, 1.82) is 5.26 Å². The van der Waals surface area contributed by atoms with E-state index in [0.29, 0.717) is 5.46 Å². The zero-order valence-corrected chi connectivity index (χ0v) is 14.1. The highest BCUT2D eigenvalue weighted by atomic mass is 16.6. The molecule has 0 aliphatic heterocycles. The van der Waals surface area contributed by atoms with Crippen LogP contribution in [0.3, 0.4) is 0 Å². The average Bonchev–Trinajstić information content (AvgIpc) is 2.50.